The molecule has 0 saturated carbocycles. The van der Waals surface area contributed by atoms with Crippen LogP contribution in [0.4, 0.5) is 0 Å². The fraction of sp³-hybridized carbons (Fsp3) is 0.647. The van der Waals surface area contributed by atoms with Crippen molar-refractivity contribution in [2.45, 2.75) is 55.4 Å². The molecule has 1 aromatic rings. The molecule has 1 unspecified atom stereocenters. The van der Waals surface area contributed by atoms with Crippen molar-refractivity contribution in [3.63, 3.8) is 0 Å². The molecule has 2 rings (SSSR count). The maximum Gasteiger partial charge on any atom is 0.216 e. The van der Waals surface area contributed by atoms with Gasteiger partial charge in [0.1, 0.15) is 0 Å². The molecule has 6 heteroatoms. The zero-order chi connectivity index (χ0) is 16.9. The fourth-order valence-electron chi connectivity index (χ4n) is 2.37. The Bertz CT molecular complexity index is 576. The van der Waals surface area contributed by atoms with Gasteiger partial charge in [-0.1, -0.05) is 30.3 Å². The van der Waals surface area contributed by atoms with Crippen molar-refractivity contribution in [2.75, 3.05) is 11.5 Å². The van der Waals surface area contributed by atoms with Gasteiger partial charge in [0.2, 0.25) is 10.0 Å². The summed E-state index contributed by atoms with van der Waals surface area (Å²) in [5, 5.41) is 0. The highest BCUT2D eigenvalue weighted by Crippen LogP contribution is 2.34. The quantitative estimate of drug-likeness (QED) is 0.821. The summed E-state index contributed by atoms with van der Waals surface area (Å²) >= 11 is 3.93. The third-order valence-corrected chi connectivity index (χ3v) is 9.08. The van der Waals surface area contributed by atoms with E-state index >= 15 is 0 Å². The molecule has 1 atom stereocenters. The van der Waals surface area contributed by atoms with Crippen molar-refractivity contribution < 1.29 is 8.42 Å². The average molecular weight is 374 g/mol. The van der Waals surface area contributed by atoms with Crippen LogP contribution in [0.1, 0.15) is 39.2 Å². The minimum atomic E-state index is -3.34. The molecule has 0 spiro atoms. The third kappa shape index (κ3) is 6.00. The molecule has 1 heterocycles. The Morgan fingerprint density at radius 3 is 2.35 bits per heavy atom. The standard InChI is InChI=1S/C17H27NO2S3/c1-17(2,3)23(19,20)18-15(12-14-8-5-4-6-9-14)13-16-21-10-7-11-22-16/h4-6,8-9,15-16,18H,7,10-13H2,1-3H3. The van der Waals surface area contributed by atoms with E-state index in [9.17, 15) is 8.42 Å². The molecule has 1 aliphatic heterocycles. The molecular weight excluding hydrogens is 346 g/mol. The summed E-state index contributed by atoms with van der Waals surface area (Å²) in [6.45, 7) is 5.25. The molecule has 1 aromatic carbocycles. The second-order valence-electron chi connectivity index (χ2n) is 6.88. The van der Waals surface area contributed by atoms with Gasteiger partial charge in [0.25, 0.3) is 0 Å². The summed E-state index contributed by atoms with van der Waals surface area (Å²) in [7, 11) is -3.34. The lowest BCUT2D eigenvalue weighted by Gasteiger charge is -2.29. The lowest BCUT2D eigenvalue weighted by atomic mass is 10.1. The van der Waals surface area contributed by atoms with E-state index in [1.54, 1.807) is 20.8 Å². The van der Waals surface area contributed by atoms with E-state index in [0.29, 0.717) is 4.58 Å². The zero-order valence-electron chi connectivity index (χ0n) is 14.1. The molecule has 1 saturated heterocycles. The van der Waals surface area contributed by atoms with Gasteiger partial charge in [-0.25, -0.2) is 13.1 Å². The van der Waals surface area contributed by atoms with Crippen molar-refractivity contribution in [1.29, 1.82) is 0 Å². The van der Waals surface area contributed by atoms with E-state index in [1.165, 1.54) is 23.5 Å². The van der Waals surface area contributed by atoms with Gasteiger partial charge in [-0.05, 0) is 57.1 Å². The van der Waals surface area contributed by atoms with E-state index in [-0.39, 0.29) is 6.04 Å². The molecule has 3 nitrogen and oxygen atoms in total. The van der Waals surface area contributed by atoms with Gasteiger partial charge in [-0.2, -0.15) is 0 Å². The van der Waals surface area contributed by atoms with Crippen LogP contribution in [0.15, 0.2) is 30.3 Å². The smallest absolute Gasteiger partial charge is 0.212 e. The van der Waals surface area contributed by atoms with Crippen molar-refractivity contribution in [2.24, 2.45) is 0 Å². The Balaban J connectivity index is 2.10. The van der Waals surface area contributed by atoms with Gasteiger partial charge in [0.05, 0.1) is 9.33 Å². The maximum atomic E-state index is 12.6. The van der Waals surface area contributed by atoms with Crippen LogP contribution in [0.25, 0.3) is 0 Å². The molecular formula is C17H27NO2S3. The molecule has 1 fully saturated rings. The first-order valence-electron chi connectivity index (χ1n) is 8.07. The first-order chi connectivity index (χ1) is 10.8. The SMILES string of the molecule is CC(C)(C)S(=O)(=O)NC(Cc1ccccc1)CC1SCCCS1. The Kier molecular flexibility index (Phi) is 6.89. The summed E-state index contributed by atoms with van der Waals surface area (Å²) in [6, 6.07) is 10.1. The van der Waals surface area contributed by atoms with Crippen molar-refractivity contribution >= 4 is 33.5 Å². The number of hydrogen-bond acceptors (Lipinski definition) is 4. The van der Waals surface area contributed by atoms with E-state index < -0.39 is 14.8 Å². The maximum absolute atomic E-state index is 12.6. The first kappa shape index (κ1) is 19.2. The lowest BCUT2D eigenvalue weighted by molar-refractivity contribution is 0.509. The Labute approximate surface area is 149 Å². The molecule has 0 aliphatic carbocycles. The normalized spacial score (nSPS) is 18.7. The van der Waals surface area contributed by atoms with E-state index in [1.807, 2.05) is 41.7 Å². The van der Waals surface area contributed by atoms with E-state index in [4.69, 9.17) is 0 Å². The minimum absolute atomic E-state index is 0.0512. The third-order valence-electron chi connectivity index (χ3n) is 3.83. The van der Waals surface area contributed by atoms with Gasteiger partial charge in [-0.15, -0.1) is 23.5 Å². The van der Waals surface area contributed by atoms with Gasteiger partial charge in [0, 0.05) is 6.04 Å². The van der Waals surface area contributed by atoms with E-state index in [2.05, 4.69) is 16.9 Å². The molecule has 0 bridgehead atoms. The van der Waals surface area contributed by atoms with Crippen LogP contribution in [0.3, 0.4) is 0 Å². The number of nitrogens with one attached hydrogen (secondary N) is 1. The van der Waals surface area contributed by atoms with Crippen LogP contribution in [0.2, 0.25) is 0 Å². The number of benzene rings is 1. The van der Waals surface area contributed by atoms with Gasteiger partial charge in [0.15, 0.2) is 0 Å². The second-order valence-corrected chi connectivity index (χ2v) is 12.3. The zero-order valence-corrected chi connectivity index (χ0v) is 16.6. The highest BCUT2D eigenvalue weighted by atomic mass is 32.2. The number of thioether (sulfide) groups is 2. The van der Waals surface area contributed by atoms with Crippen molar-refractivity contribution in [1.82, 2.24) is 4.72 Å². The molecule has 0 radical (unpaired) electrons. The van der Waals surface area contributed by atoms with Crippen molar-refractivity contribution in [3.8, 4) is 0 Å². The van der Waals surface area contributed by atoms with Gasteiger partial charge >= 0.3 is 0 Å². The van der Waals surface area contributed by atoms with Crippen LogP contribution in [-0.4, -0.2) is 35.3 Å². The fourth-order valence-corrected chi connectivity index (χ4v) is 6.37. The summed E-state index contributed by atoms with van der Waals surface area (Å²) < 4.78 is 27.8. The van der Waals surface area contributed by atoms with Crippen LogP contribution in [0, 0.1) is 0 Å². The number of hydrogen-bond donors (Lipinski definition) is 1. The molecule has 1 aliphatic rings. The second kappa shape index (κ2) is 8.28. The Morgan fingerprint density at radius 2 is 1.78 bits per heavy atom. The van der Waals surface area contributed by atoms with Crippen LogP contribution >= 0.6 is 23.5 Å². The molecule has 0 aromatic heterocycles. The monoisotopic (exact) mass is 373 g/mol. The Hall–Kier alpha value is -0.170. The molecule has 1 N–H and O–H groups in total. The summed E-state index contributed by atoms with van der Waals surface area (Å²) in [4.78, 5) is 0. The molecule has 23 heavy (non-hydrogen) atoms. The van der Waals surface area contributed by atoms with Gasteiger partial charge in [-0.3, -0.25) is 0 Å². The molecule has 0 amide bonds. The number of sulfonamides is 1. The first-order valence-corrected chi connectivity index (χ1v) is 11.6. The Morgan fingerprint density at radius 1 is 1.17 bits per heavy atom. The van der Waals surface area contributed by atoms with Crippen LogP contribution in [-0.2, 0) is 16.4 Å². The number of rotatable bonds is 6. The van der Waals surface area contributed by atoms with Crippen molar-refractivity contribution in [3.05, 3.63) is 35.9 Å². The van der Waals surface area contributed by atoms with Gasteiger partial charge < -0.3 is 0 Å². The highest BCUT2D eigenvalue weighted by molar-refractivity contribution is 8.17. The van der Waals surface area contributed by atoms with E-state index in [0.717, 1.165) is 12.8 Å². The largest absolute Gasteiger partial charge is 0.216 e. The lowest BCUT2D eigenvalue weighted by Crippen LogP contribution is -2.46. The van der Waals surface area contributed by atoms with Crippen LogP contribution in [0.5, 0.6) is 0 Å². The summed E-state index contributed by atoms with van der Waals surface area (Å²) in [5.41, 5.74) is 1.18. The topological polar surface area (TPSA) is 46.2 Å². The van der Waals surface area contributed by atoms with Crippen LogP contribution < -0.4 is 4.72 Å². The predicted molar refractivity (Wildman–Crippen MR) is 104 cm³/mol. The minimum Gasteiger partial charge on any atom is -0.212 e. The summed E-state index contributed by atoms with van der Waals surface area (Å²) in [5.74, 6) is 2.36. The molecule has 130 valence electrons. The predicted octanol–water partition coefficient (Wildman–Crippen LogP) is 3.90. The average Bonchev–Trinajstić information content (AvgIpc) is 2.47. The highest BCUT2D eigenvalue weighted by Gasteiger charge is 2.32. The summed E-state index contributed by atoms with van der Waals surface area (Å²) in [6.07, 6.45) is 2.87.